The topological polar surface area (TPSA) is 26.3 Å². The Kier molecular flexibility index (Phi) is 2.26. The number of fused-ring (bicyclic) bond motifs is 2. The minimum absolute atomic E-state index is 0.447. The Hall–Kier alpha value is -2.35. The molecule has 0 saturated carbocycles. The summed E-state index contributed by atoms with van der Waals surface area (Å²) in [6.45, 7) is 0.447. The third-order valence-corrected chi connectivity index (χ3v) is 2.86. The predicted octanol–water partition coefficient (Wildman–Crippen LogP) is 3.53. The van der Waals surface area contributed by atoms with E-state index in [0.29, 0.717) is 12.2 Å². The zero-order valence-corrected chi connectivity index (χ0v) is 9.09. The molecule has 0 aliphatic heterocycles. The molecule has 0 radical (unpaired) electrons. The minimum atomic E-state index is 0.447. The third kappa shape index (κ3) is 1.74. The largest absolute Gasteiger partial charge is 0.429 e. The van der Waals surface area contributed by atoms with Crippen LogP contribution in [0.5, 0.6) is 5.75 Å². The highest BCUT2D eigenvalue weighted by Crippen LogP contribution is 2.25. The Balaban J connectivity index is 2.28. The van der Waals surface area contributed by atoms with Gasteiger partial charge in [0.1, 0.15) is 5.75 Å². The van der Waals surface area contributed by atoms with E-state index in [0.717, 1.165) is 10.8 Å². The lowest BCUT2D eigenvalue weighted by Crippen LogP contribution is -1.87. The lowest BCUT2D eigenvalue weighted by molar-refractivity contribution is -0.120. The van der Waals surface area contributed by atoms with Gasteiger partial charge in [0.05, 0.1) is 0 Å². The van der Waals surface area contributed by atoms with Crippen LogP contribution in [-0.2, 0) is 4.79 Å². The Morgan fingerprint density at radius 3 is 2.12 bits per heavy atom. The van der Waals surface area contributed by atoms with Crippen molar-refractivity contribution in [1.29, 1.82) is 0 Å². The molecule has 0 saturated heterocycles. The summed E-state index contributed by atoms with van der Waals surface area (Å²) in [6, 6.07) is 18.1. The first-order valence-electron chi connectivity index (χ1n) is 5.40. The van der Waals surface area contributed by atoms with E-state index in [1.54, 1.807) is 6.07 Å². The van der Waals surface area contributed by atoms with Crippen molar-refractivity contribution in [1.82, 2.24) is 0 Å². The molecular weight excluding hydrogens is 212 g/mol. The first-order chi connectivity index (χ1) is 8.36. The van der Waals surface area contributed by atoms with Crippen LogP contribution in [0.25, 0.3) is 21.5 Å². The Morgan fingerprint density at radius 1 is 0.765 bits per heavy atom. The van der Waals surface area contributed by atoms with Gasteiger partial charge in [-0.05, 0) is 45.8 Å². The second-order valence-electron chi connectivity index (χ2n) is 3.92. The highest BCUT2D eigenvalue weighted by atomic mass is 16.5. The average molecular weight is 222 g/mol. The van der Waals surface area contributed by atoms with Crippen molar-refractivity contribution < 1.29 is 9.53 Å². The first kappa shape index (κ1) is 9.85. The van der Waals surface area contributed by atoms with E-state index in [1.807, 2.05) is 24.3 Å². The fraction of sp³-hybridized carbons (Fsp3) is 0. The summed E-state index contributed by atoms with van der Waals surface area (Å²) in [7, 11) is 0. The van der Waals surface area contributed by atoms with Crippen LogP contribution in [0.3, 0.4) is 0 Å². The van der Waals surface area contributed by atoms with Crippen molar-refractivity contribution in [3.63, 3.8) is 0 Å². The molecule has 0 atom stereocenters. The molecule has 2 nitrogen and oxygen atoms in total. The van der Waals surface area contributed by atoms with Gasteiger partial charge in [0.2, 0.25) is 0 Å². The van der Waals surface area contributed by atoms with Crippen molar-refractivity contribution in [2.45, 2.75) is 0 Å². The van der Waals surface area contributed by atoms with Crippen LogP contribution in [0.15, 0.2) is 54.6 Å². The predicted molar refractivity (Wildman–Crippen MR) is 68.1 cm³/mol. The summed E-state index contributed by atoms with van der Waals surface area (Å²) in [5.41, 5.74) is 0. The summed E-state index contributed by atoms with van der Waals surface area (Å²) in [6.07, 6.45) is 0. The van der Waals surface area contributed by atoms with Crippen molar-refractivity contribution in [2.24, 2.45) is 0 Å². The fourth-order valence-corrected chi connectivity index (χ4v) is 2.05. The van der Waals surface area contributed by atoms with E-state index in [1.165, 1.54) is 10.8 Å². The highest BCUT2D eigenvalue weighted by molar-refractivity contribution is 5.98. The van der Waals surface area contributed by atoms with Gasteiger partial charge in [-0.3, -0.25) is 4.79 Å². The molecule has 2 heteroatoms. The lowest BCUT2D eigenvalue weighted by Gasteiger charge is -2.04. The number of hydrogen-bond acceptors (Lipinski definition) is 2. The number of carbonyl (C=O) groups excluding carboxylic acids is 1. The number of rotatable bonds is 2. The molecule has 0 fully saturated rings. The minimum Gasteiger partial charge on any atom is -0.429 e. The van der Waals surface area contributed by atoms with Gasteiger partial charge >= 0.3 is 0 Å². The zero-order chi connectivity index (χ0) is 11.7. The molecule has 0 spiro atoms. The van der Waals surface area contributed by atoms with Gasteiger partial charge < -0.3 is 4.74 Å². The number of carbonyl (C=O) groups is 1. The maximum absolute atomic E-state index is 10.3. The molecule has 3 aromatic carbocycles. The Labute approximate surface area is 98.4 Å². The lowest BCUT2D eigenvalue weighted by atomic mass is 10.0. The van der Waals surface area contributed by atoms with E-state index in [9.17, 15) is 4.79 Å². The van der Waals surface area contributed by atoms with Gasteiger partial charge in [-0.15, -0.1) is 0 Å². The Bertz CT molecular complexity index is 701. The van der Waals surface area contributed by atoms with Crippen LogP contribution in [0.4, 0.5) is 0 Å². The van der Waals surface area contributed by atoms with E-state index in [4.69, 9.17) is 4.74 Å². The first-order valence-corrected chi connectivity index (χ1v) is 5.40. The monoisotopic (exact) mass is 222 g/mol. The van der Waals surface area contributed by atoms with Gasteiger partial charge in [-0.1, -0.05) is 30.3 Å². The van der Waals surface area contributed by atoms with E-state index in [2.05, 4.69) is 24.3 Å². The van der Waals surface area contributed by atoms with Gasteiger partial charge in [0.15, 0.2) is 0 Å². The summed E-state index contributed by atoms with van der Waals surface area (Å²) in [4.78, 5) is 10.3. The second-order valence-corrected chi connectivity index (χ2v) is 3.92. The van der Waals surface area contributed by atoms with Crippen LogP contribution >= 0.6 is 0 Å². The molecular formula is C15H10O2. The van der Waals surface area contributed by atoms with E-state index < -0.39 is 0 Å². The van der Waals surface area contributed by atoms with Gasteiger partial charge in [-0.2, -0.15) is 0 Å². The number of hydrogen-bond donors (Lipinski definition) is 0. The number of benzene rings is 3. The quantitative estimate of drug-likeness (QED) is 0.489. The van der Waals surface area contributed by atoms with Gasteiger partial charge in [0, 0.05) is 0 Å². The Morgan fingerprint density at radius 2 is 1.41 bits per heavy atom. The normalized spacial score (nSPS) is 10.6. The van der Waals surface area contributed by atoms with Crippen molar-refractivity contribution in [2.75, 3.05) is 0 Å². The maximum atomic E-state index is 10.3. The third-order valence-electron chi connectivity index (χ3n) is 2.86. The van der Waals surface area contributed by atoms with Crippen molar-refractivity contribution in [3.05, 3.63) is 54.6 Å². The SMILES string of the molecule is O=COc1ccc2cc3ccccc3cc2c1. The van der Waals surface area contributed by atoms with Crippen LogP contribution < -0.4 is 4.74 Å². The smallest absolute Gasteiger partial charge is 0.298 e. The van der Waals surface area contributed by atoms with Crippen LogP contribution in [0, 0.1) is 0 Å². The molecule has 3 aromatic rings. The standard InChI is InChI=1S/C15H10O2/c16-10-17-15-6-5-13-7-11-3-1-2-4-12(11)8-14(13)9-15/h1-10H. The summed E-state index contributed by atoms with van der Waals surface area (Å²) in [5, 5.41) is 4.61. The van der Waals surface area contributed by atoms with Crippen LogP contribution in [-0.4, -0.2) is 6.47 Å². The average Bonchev–Trinajstić information content (AvgIpc) is 2.36. The van der Waals surface area contributed by atoms with Crippen LogP contribution in [0.1, 0.15) is 0 Å². The summed E-state index contributed by atoms with van der Waals surface area (Å²) >= 11 is 0. The molecule has 0 aromatic heterocycles. The van der Waals surface area contributed by atoms with Crippen LogP contribution in [0.2, 0.25) is 0 Å². The molecule has 0 heterocycles. The van der Waals surface area contributed by atoms with Crippen molar-refractivity contribution >= 4 is 28.0 Å². The van der Waals surface area contributed by atoms with E-state index >= 15 is 0 Å². The molecule has 0 aliphatic rings. The fourth-order valence-electron chi connectivity index (χ4n) is 2.05. The van der Waals surface area contributed by atoms with Gasteiger partial charge in [-0.25, -0.2) is 0 Å². The number of ether oxygens (including phenoxy) is 1. The molecule has 0 N–H and O–H groups in total. The highest BCUT2D eigenvalue weighted by Gasteiger charge is 1.99. The molecule has 0 bridgehead atoms. The molecule has 0 aliphatic carbocycles. The molecule has 0 amide bonds. The van der Waals surface area contributed by atoms with Gasteiger partial charge in [0.25, 0.3) is 6.47 Å². The van der Waals surface area contributed by atoms with E-state index in [-0.39, 0.29) is 0 Å². The summed E-state index contributed by atoms with van der Waals surface area (Å²) < 4.78 is 4.85. The molecule has 82 valence electrons. The maximum Gasteiger partial charge on any atom is 0.298 e. The summed E-state index contributed by atoms with van der Waals surface area (Å²) in [5.74, 6) is 0.572. The van der Waals surface area contributed by atoms with Crippen molar-refractivity contribution in [3.8, 4) is 5.75 Å². The zero-order valence-electron chi connectivity index (χ0n) is 9.09. The second kappa shape index (κ2) is 3.91. The molecule has 17 heavy (non-hydrogen) atoms. The molecule has 3 rings (SSSR count). The molecule has 0 unspecified atom stereocenters.